The smallest absolute Gasteiger partial charge is 0.141 e. The molecule has 7 heteroatoms. The normalized spacial score (nSPS) is 10.6. The van der Waals surface area contributed by atoms with Gasteiger partial charge in [0.2, 0.25) is 0 Å². The van der Waals surface area contributed by atoms with Crippen LogP contribution >= 0.6 is 34.8 Å². The number of pyridine rings is 1. The molecule has 30 heavy (non-hydrogen) atoms. The van der Waals surface area contributed by atoms with Crippen LogP contribution in [0.5, 0.6) is 11.5 Å². The summed E-state index contributed by atoms with van der Waals surface area (Å²) in [6, 6.07) is 18.8. The predicted molar refractivity (Wildman–Crippen MR) is 121 cm³/mol. The third-order valence-corrected chi connectivity index (χ3v) is 5.54. The molecule has 4 aromatic rings. The number of hydrogen-bond donors (Lipinski definition) is 0. The number of halogens is 4. The molecule has 0 bridgehead atoms. The van der Waals surface area contributed by atoms with Gasteiger partial charge in [0.1, 0.15) is 11.5 Å². The predicted octanol–water partition coefficient (Wildman–Crippen LogP) is 4.55. The molecular formula is C23H16Cl4NO2-. The number of nitrogens with zero attached hydrogens (tertiary/aromatic N) is 1. The van der Waals surface area contributed by atoms with Crippen molar-refractivity contribution in [3.63, 3.8) is 0 Å². The number of hydrogen-bond acceptors (Lipinski definition) is 3. The van der Waals surface area contributed by atoms with E-state index in [4.69, 9.17) is 49.3 Å². The SMILES string of the molecule is COc1cc(OC)c(-c2cc(-c3ccccc3Cl)c3cc(Cl)ccc3n2)cc1Cl.[Cl-]. The minimum atomic E-state index is 0. The van der Waals surface area contributed by atoms with E-state index in [1.807, 2.05) is 48.5 Å². The quantitative estimate of drug-likeness (QED) is 0.430. The summed E-state index contributed by atoms with van der Waals surface area (Å²) in [5.41, 5.74) is 4.06. The van der Waals surface area contributed by atoms with Crippen LogP contribution in [0.2, 0.25) is 15.1 Å². The molecule has 154 valence electrons. The van der Waals surface area contributed by atoms with E-state index < -0.39 is 0 Å². The highest BCUT2D eigenvalue weighted by atomic mass is 35.5. The molecule has 0 atom stereocenters. The van der Waals surface area contributed by atoms with E-state index in [0.717, 1.165) is 27.6 Å². The monoisotopic (exact) mass is 478 g/mol. The summed E-state index contributed by atoms with van der Waals surface area (Å²) in [6.07, 6.45) is 0. The Hall–Kier alpha value is -2.17. The van der Waals surface area contributed by atoms with Crippen molar-refractivity contribution >= 4 is 45.7 Å². The van der Waals surface area contributed by atoms with E-state index in [1.54, 1.807) is 26.4 Å². The second-order valence-corrected chi connectivity index (χ2v) is 7.63. The maximum absolute atomic E-state index is 6.50. The Morgan fingerprint density at radius 2 is 1.43 bits per heavy atom. The van der Waals surface area contributed by atoms with Crippen LogP contribution < -0.4 is 21.9 Å². The Kier molecular flexibility index (Phi) is 6.99. The lowest BCUT2D eigenvalue weighted by atomic mass is 9.98. The topological polar surface area (TPSA) is 31.4 Å². The van der Waals surface area contributed by atoms with Gasteiger partial charge in [0.25, 0.3) is 0 Å². The first-order valence-electron chi connectivity index (χ1n) is 8.79. The zero-order valence-corrected chi connectivity index (χ0v) is 19.1. The second-order valence-electron chi connectivity index (χ2n) is 6.38. The molecule has 0 radical (unpaired) electrons. The fourth-order valence-electron chi connectivity index (χ4n) is 3.30. The summed E-state index contributed by atoms with van der Waals surface area (Å²) in [5.74, 6) is 1.14. The molecule has 0 aliphatic carbocycles. The second kappa shape index (κ2) is 9.32. The highest BCUT2D eigenvalue weighted by Gasteiger charge is 2.17. The van der Waals surface area contributed by atoms with Crippen molar-refractivity contribution in [2.24, 2.45) is 0 Å². The van der Waals surface area contributed by atoms with Gasteiger partial charge < -0.3 is 21.9 Å². The van der Waals surface area contributed by atoms with Gasteiger partial charge in [0, 0.05) is 32.6 Å². The first-order chi connectivity index (χ1) is 14.0. The van der Waals surface area contributed by atoms with Crippen LogP contribution in [0.25, 0.3) is 33.3 Å². The molecule has 3 aromatic carbocycles. The lowest BCUT2D eigenvalue weighted by Crippen LogP contribution is -3.00. The fourth-order valence-corrected chi connectivity index (χ4v) is 3.95. The summed E-state index contributed by atoms with van der Waals surface area (Å²) < 4.78 is 10.9. The summed E-state index contributed by atoms with van der Waals surface area (Å²) in [6.45, 7) is 0. The van der Waals surface area contributed by atoms with Crippen molar-refractivity contribution in [2.45, 2.75) is 0 Å². The molecule has 3 nitrogen and oxygen atoms in total. The minimum Gasteiger partial charge on any atom is -1.00 e. The highest BCUT2D eigenvalue weighted by Crippen LogP contribution is 2.41. The van der Waals surface area contributed by atoms with E-state index in [2.05, 4.69) is 0 Å². The number of ether oxygens (including phenoxy) is 2. The van der Waals surface area contributed by atoms with Crippen LogP contribution in [0.4, 0.5) is 0 Å². The third-order valence-electron chi connectivity index (χ3n) is 4.68. The van der Waals surface area contributed by atoms with Crippen LogP contribution in [0.3, 0.4) is 0 Å². The van der Waals surface area contributed by atoms with Crippen LogP contribution in [-0.2, 0) is 0 Å². The highest BCUT2D eigenvalue weighted by molar-refractivity contribution is 6.34. The average Bonchev–Trinajstić information content (AvgIpc) is 2.73. The van der Waals surface area contributed by atoms with Gasteiger partial charge in [-0.15, -0.1) is 0 Å². The Labute approximate surface area is 195 Å². The van der Waals surface area contributed by atoms with Crippen molar-refractivity contribution in [2.75, 3.05) is 14.2 Å². The van der Waals surface area contributed by atoms with Crippen molar-refractivity contribution in [1.29, 1.82) is 0 Å². The molecule has 0 fully saturated rings. The number of aromatic nitrogens is 1. The maximum Gasteiger partial charge on any atom is 0.141 e. The van der Waals surface area contributed by atoms with Gasteiger partial charge in [-0.05, 0) is 42.0 Å². The number of fused-ring (bicyclic) bond motifs is 1. The first-order valence-corrected chi connectivity index (χ1v) is 9.92. The van der Waals surface area contributed by atoms with Gasteiger partial charge >= 0.3 is 0 Å². The molecule has 0 spiro atoms. The number of methoxy groups -OCH3 is 2. The fraction of sp³-hybridized carbons (Fsp3) is 0.0870. The van der Waals surface area contributed by atoms with E-state index in [-0.39, 0.29) is 12.4 Å². The van der Waals surface area contributed by atoms with Gasteiger partial charge in [-0.1, -0.05) is 53.0 Å². The summed E-state index contributed by atoms with van der Waals surface area (Å²) in [7, 11) is 3.16. The van der Waals surface area contributed by atoms with E-state index >= 15 is 0 Å². The molecule has 4 rings (SSSR count). The van der Waals surface area contributed by atoms with Crippen LogP contribution in [0.15, 0.2) is 60.7 Å². The van der Waals surface area contributed by atoms with Crippen molar-refractivity contribution in [1.82, 2.24) is 4.98 Å². The number of benzene rings is 3. The van der Waals surface area contributed by atoms with Gasteiger partial charge in [0.05, 0.1) is 30.5 Å². The van der Waals surface area contributed by atoms with Gasteiger partial charge in [-0.2, -0.15) is 0 Å². The van der Waals surface area contributed by atoms with Gasteiger partial charge in [-0.3, -0.25) is 0 Å². The Morgan fingerprint density at radius 1 is 0.700 bits per heavy atom. The minimum absolute atomic E-state index is 0. The summed E-state index contributed by atoms with van der Waals surface area (Å²) in [4.78, 5) is 4.83. The Morgan fingerprint density at radius 3 is 2.13 bits per heavy atom. The molecule has 0 unspecified atom stereocenters. The lowest BCUT2D eigenvalue weighted by molar-refractivity contribution is -0.00000605. The van der Waals surface area contributed by atoms with E-state index in [1.165, 1.54) is 0 Å². The van der Waals surface area contributed by atoms with Crippen LogP contribution in [0.1, 0.15) is 0 Å². The van der Waals surface area contributed by atoms with E-state index in [9.17, 15) is 0 Å². The summed E-state index contributed by atoms with van der Waals surface area (Å²) in [5, 5.41) is 2.66. The molecule has 0 aliphatic heterocycles. The van der Waals surface area contributed by atoms with Crippen molar-refractivity contribution in [3.8, 4) is 33.9 Å². The third kappa shape index (κ3) is 4.17. The molecule has 1 heterocycles. The Bertz CT molecular complexity index is 1230. The molecule has 0 aliphatic rings. The lowest BCUT2D eigenvalue weighted by Gasteiger charge is -2.15. The molecule has 0 amide bonds. The molecule has 0 saturated carbocycles. The largest absolute Gasteiger partial charge is 1.00 e. The van der Waals surface area contributed by atoms with Gasteiger partial charge in [-0.25, -0.2) is 4.98 Å². The standard InChI is InChI=1S/C23H16Cl3NO2.ClH/c1-28-22-12-23(29-2)19(26)10-17(22)21-11-15(14-5-3-4-6-18(14)25)16-9-13(24)7-8-20(16)27-21;/h3-12H,1-2H3;1H/p-1. The zero-order valence-electron chi connectivity index (χ0n) is 16.0. The van der Waals surface area contributed by atoms with E-state index in [0.29, 0.717) is 32.3 Å². The molecule has 1 aromatic heterocycles. The summed E-state index contributed by atoms with van der Waals surface area (Å²) >= 11 is 19.2. The Balaban J connectivity index is 0.00000256. The van der Waals surface area contributed by atoms with Crippen molar-refractivity contribution in [3.05, 3.63) is 75.7 Å². The first kappa shape index (κ1) is 22.5. The molecule has 0 N–H and O–H groups in total. The maximum atomic E-state index is 6.50. The number of rotatable bonds is 4. The molecule has 0 saturated heterocycles. The van der Waals surface area contributed by atoms with Crippen LogP contribution in [0, 0.1) is 0 Å². The zero-order chi connectivity index (χ0) is 20.5. The van der Waals surface area contributed by atoms with Crippen LogP contribution in [-0.4, -0.2) is 19.2 Å². The van der Waals surface area contributed by atoms with Gasteiger partial charge in [0.15, 0.2) is 0 Å². The average molecular weight is 480 g/mol. The molecular weight excluding hydrogens is 464 g/mol. The van der Waals surface area contributed by atoms with Crippen molar-refractivity contribution < 1.29 is 21.9 Å².